The molecule has 0 radical (unpaired) electrons. The average Bonchev–Trinajstić information content (AvgIpc) is 2.52. The van der Waals surface area contributed by atoms with Gasteiger partial charge in [0.05, 0.1) is 10.4 Å². The van der Waals surface area contributed by atoms with Gasteiger partial charge in [-0.25, -0.2) is 0 Å². The van der Waals surface area contributed by atoms with Gasteiger partial charge in [-0.3, -0.25) is 0 Å². The fourth-order valence-corrected chi connectivity index (χ4v) is 3.51. The highest BCUT2D eigenvalue weighted by molar-refractivity contribution is 9.12. The van der Waals surface area contributed by atoms with E-state index in [9.17, 15) is 0 Å². The van der Waals surface area contributed by atoms with Crippen LogP contribution in [0.25, 0.3) is 0 Å². The smallest absolute Gasteiger partial charge is 0.154 e. The minimum atomic E-state index is -0.189. The van der Waals surface area contributed by atoms with Crippen molar-refractivity contribution >= 4 is 43.2 Å². The minimum absolute atomic E-state index is 0.189. The standard InChI is InChI=1S/C9H12Br2O3S/c1-6(12-2)13-3-4-14-7-5-8(10)15-9(7)11/h5-6H,3-4H2,1-2H3. The Labute approximate surface area is 110 Å². The van der Waals surface area contributed by atoms with E-state index in [-0.39, 0.29) is 6.29 Å². The summed E-state index contributed by atoms with van der Waals surface area (Å²) >= 11 is 8.37. The van der Waals surface area contributed by atoms with E-state index in [2.05, 4.69) is 31.9 Å². The zero-order valence-corrected chi connectivity index (χ0v) is 12.4. The summed E-state index contributed by atoms with van der Waals surface area (Å²) in [4.78, 5) is 0. The van der Waals surface area contributed by atoms with Crippen molar-refractivity contribution in [3.8, 4) is 5.75 Å². The third-order valence-electron chi connectivity index (χ3n) is 1.65. The second-order valence-electron chi connectivity index (χ2n) is 2.71. The van der Waals surface area contributed by atoms with E-state index >= 15 is 0 Å². The van der Waals surface area contributed by atoms with E-state index in [0.29, 0.717) is 13.2 Å². The van der Waals surface area contributed by atoms with Gasteiger partial charge < -0.3 is 14.2 Å². The molecule has 1 heterocycles. The molecule has 0 N–H and O–H groups in total. The van der Waals surface area contributed by atoms with Crippen LogP contribution < -0.4 is 4.74 Å². The predicted molar refractivity (Wildman–Crippen MR) is 67.6 cm³/mol. The van der Waals surface area contributed by atoms with Crippen LogP contribution in [0.4, 0.5) is 0 Å². The predicted octanol–water partition coefficient (Wildman–Crippen LogP) is 3.66. The van der Waals surface area contributed by atoms with Crippen LogP contribution in [0, 0.1) is 0 Å². The molecule has 0 saturated carbocycles. The van der Waals surface area contributed by atoms with Crippen LogP contribution in [0.5, 0.6) is 5.75 Å². The quantitative estimate of drug-likeness (QED) is 0.573. The molecule has 1 rings (SSSR count). The van der Waals surface area contributed by atoms with Gasteiger partial charge in [0, 0.05) is 13.2 Å². The van der Waals surface area contributed by atoms with Gasteiger partial charge in [0.25, 0.3) is 0 Å². The zero-order valence-electron chi connectivity index (χ0n) is 8.46. The topological polar surface area (TPSA) is 27.7 Å². The lowest BCUT2D eigenvalue weighted by molar-refractivity contribution is -0.115. The molecular weight excluding hydrogens is 348 g/mol. The molecule has 0 saturated heterocycles. The van der Waals surface area contributed by atoms with E-state index < -0.39 is 0 Å². The van der Waals surface area contributed by atoms with E-state index in [1.54, 1.807) is 18.4 Å². The molecule has 0 aromatic carbocycles. The van der Waals surface area contributed by atoms with Crippen LogP contribution >= 0.6 is 43.2 Å². The first-order valence-electron chi connectivity index (χ1n) is 4.35. The second-order valence-corrected chi connectivity index (χ2v) is 6.46. The van der Waals surface area contributed by atoms with Crippen molar-refractivity contribution in [3.05, 3.63) is 13.6 Å². The van der Waals surface area contributed by atoms with Gasteiger partial charge in [0.15, 0.2) is 6.29 Å². The van der Waals surface area contributed by atoms with Crippen LogP contribution in [-0.2, 0) is 9.47 Å². The van der Waals surface area contributed by atoms with Gasteiger partial charge >= 0.3 is 0 Å². The Balaban J connectivity index is 2.23. The molecule has 1 aromatic heterocycles. The number of halogens is 2. The first kappa shape index (κ1) is 13.4. The Hall–Kier alpha value is 0.380. The molecule has 15 heavy (non-hydrogen) atoms. The van der Waals surface area contributed by atoms with Crippen LogP contribution in [-0.4, -0.2) is 26.6 Å². The largest absolute Gasteiger partial charge is 0.489 e. The van der Waals surface area contributed by atoms with Gasteiger partial charge in [-0.05, 0) is 38.8 Å². The van der Waals surface area contributed by atoms with Crippen LogP contribution in [0.15, 0.2) is 13.6 Å². The van der Waals surface area contributed by atoms with Gasteiger partial charge in [0.2, 0.25) is 0 Å². The number of ether oxygens (including phenoxy) is 3. The third-order valence-corrected chi connectivity index (χ3v) is 3.93. The van der Waals surface area contributed by atoms with Crippen molar-refractivity contribution in [1.29, 1.82) is 0 Å². The van der Waals surface area contributed by atoms with Crippen LogP contribution in [0.1, 0.15) is 6.92 Å². The lowest BCUT2D eigenvalue weighted by atomic mass is 10.6. The van der Waals surface area contributed by atoms with Crippen molar-refractivity contribution in [3.63, 3.8) is 0 Å². The van der Waals surface area contributed by atoms with Crippen molar-refractivity contribution in [1.82, 2.24) is 0 Å². The summed E-state index contributed by atoms with van der Waals surface area (Å²) in [5, 5.41) is 0. The Bertz CT molecular complexity index is 304. The Morgan fingerprint density at radius 1 is 1.40 bits per heavy atom. The molecule has 0 spiro atoms. The molecule has 0 bridgehead atoms. The number of hydrogen-bond acceptors (Lipinski definition) is 4. The summed E-state index contributed by atoms with van der Waals surface area (Å²) in [5.41, 5.74) is 0. The van der Waals surface area contributed by atoms with Gasteiger partial charge in [0.1, 0.15) is 16.1 Å². The summed E-state index contributed by atoms with van der Waals surface area (Å²) in [6.45, 7) is 2.86. The van der Waals surface area contributed by atoms with Crippen LogP contribution in [0.2, 0.25) is 0 Å². The molecule has 3 nitrogen and oxygen atoms in total. The SMILES string of the molecule is COC(C)OCCOc1cc(Br)sc1Br. The number of methoxy groups -OCH3 is 1. The number of thiophene rings is 1. The second kappa shape index (κ2) is 6.85. The molecule has 1 aromatic rings. The summed E-state index contributed by atoms with van der Waals surface area (Å²) < 4.78 is 17.8. The van der Waals surface area contributed by atoms with Crippen molar-refractivity contribution < 1.29 is 14.2 Å². The van der Waals surface area contributed by atoms with Gasteiger partial charge in [-0.15, -0.1) is 11.3 Å². The first-order valence-corrected chi connectivity index (χ1v) is 6.75. The molecule has 0 fully saturated rings. The fraction of sp³-hybridized carbons (Fsp3) is 0.556. The average molecular weight is 360 g/mol. The lowest BCUT2D eigenvalue weighted by Gasteiger charge is -2.11. The molecule has 1 atom stereocenters. The Morgan fingerprint density at radius 3 is 2.67 bits per heavy atom. The lowest BCUT2D eigenvalue weighted by Crippen LogP contribution is -2.15. The molecule has 0 aliphatic heterocycles. The van der Waals surface area contributed by atoms with E-state index in [1.165, 1.54) is 0 Å². The van der Waals surface area contributed by atoms with Gasteiger partial charge in [-0.1, -0.05) is 0 Å². The van der Waals surface area contributed by atoms with Crippen molar-refractivity contribution in [2.45, 2.75) is 13.2 Å². The summed E-state index contributed by atoms with van der Waals surface area (Å²) in [6.07, 6.45) is -0.189. The maximum Gasteiger partial charge on any atom is 0.154 e. The first-order chi connectivity index (χ1) is 7.13. The van der Waals surface area contributed by atoms with Crippen LogP contribution in [0.3, 0.4) is 0 Å². The molecule has 6 heteroatoms. The van der Waals surface area contributed by atoms with Crippen molar-refractivity contribution in [2.75, 3.05) is 20.3 Å². The molecule has 1 unspecified atom stereocenters. The summed E-state index contributed by atoms with van der Waals surface area (Å²) in [6, 6.07) is 1.93. The van der Waals surface area contributed by atoms with Gasteiger partial charge in [-0.2, -0.15) is 0 Å². The van der Waals surface area contributed by atoms with Crippen molar-refractivity contribution in [2.24, 2.45) is 0 Å². The third kappa shape index (κ3) is 4.82. The molecule has 0 aliphatic carbocycles. The minimum Gasteiger partial charge on any atom is -0.489 e. The fourth-order valence-electron chi connectivity index (χ4n) is 0.857. The number of hydrogen-bond donors (Lipinski definition) is 0. The summed E-state index contributed by atoms with van der Waals surface area (Å²) in [7, 11) is 1.61. The molecule has 0 amide bonds. The maximum absolute atomic E-state index is 5.51. The maximum atomic E-state index is 5.51. The highest BCUT2D eigenvalue weighted by Crippen LogP contribution is 2.37. The molecule has 86 valence electrons. The zero-order chi connectivity index (χ0) is 11.3. The molecule has 0 aliphatic rings. The van der Waals surface area contributed by atoms with E-state index in [4.69, 9.17) is 14.2 Å². The molecular formula is C9H12Br2O3S. The van der Waals surface area contributed by atoms with E-state index in [1.807, 2.05) is 13.0 Å². The number of rotatable bonds is 6. The highest BCUT2D eigenvalue weighted by Gasteiger charge is 2.06. The van der Waals surface area contributed by atoms with E-state index in [0.717, 1.165) is 13.3 Å². The normalized spacial score (nSPS) is 12.8. The highest BCUT2D eigenvalue weighted by atomic mass is 79.9. The monoisotopic (exact) mass is 358 g/mol. The Morgan fingerprint density at radius 2 is 2.13 bits per heavy atom. The summed E-state index contributed by atoms with van der Waals surface area (Å²) in [5.74, 6) is 0.834. The Kier molecular flexibility index (Phi) is 6.14.